The van der Waals surface area contributed by atoms with Crippen LogP contribution in [0.2, 0.25) is 0 Å². The van der Waals surface area contributed by atoms with Gasteiger partial charge >= 0.3 is 0 Å². The third kappa shape index (κ3) is 6.44. The van der Waals surface area contributed by atoms with Crippen molar-refractivity contribution < 1.29 is 0 Å². The second-order valence-corrected chi connectivity index (χ2v) is 5.38. The maximum absolute atomic E-state index is 5.46. The fourth-order valence-electron chi connectivity index (χ4n) is 1.21. The van der Waals surface area contributed by atoms with Gasteiger partial charge in [0.15, 0.2) is 5.13 Å². The molecule has 0 aliphatic heterocycles. The van der Waals surface area contributed by atoms with Crippen LogP contribution in [0.3, 0.4) is 0 Å². The molecule has 0 amide bonds. The van der Waals surface area contributed by atoms with E-state index in [4.69, 9.17) is 5.73 Å². The van der Waals surface area contributed by atoms with E-state index in [2.05, 4.69) is 27.8 Å². The highest BCUT2D eigenvalue weighted by molar-refractivity contribution is 9.10. The molecule has 0 unspecified atom stereocenters. The number of aromatic nitrogens is 1. The minimum absolute atomic E-state index is 0.686. The van der Waals surface area contributed by atoms with Crippen LogP contribution in [0, 0.1) is 0 Å². The van der Waals surface area contributed by atoms with E-state index in [0.717, 1.165) is 16.6 Å². The lowest BCUT2D eigenvalue weighted by molar-refractivity contribution is 0.782. The van der Waals surface area contributed by atoms with E-state index in [-0.39, 0.29) is 0 Å². The van der Waals surface area contributed by atoms with Gasteiger partial charge in [-0.3, -0.25) is 0 Å². The van der Waals surface area contributed by atoms with Crippen molar-refractivity contribution in [3.05, 3.63) is 45.9 Å². The van der Waals surface area contributed by atoms with Crippen LogP contribution < -0.4 is 5.73 Å². The predicted molar refractivity (Wildman–Crippen MR) is 79.3 cm³/mol. The fourth-order valence-corrected chi connectivity index (χ4v) is 2.11. The van der Waals surface area contributed by atoms with E-state index in [1.165, 1.54) is 24.2 Å². The highest BCUT2D eigenvalue weighted by Crippen LogP contribution is 2.12. The van der Waals surface area contributed by atoms with Gasteiger partial charge in [-0.1, -0.05) is 47.5 Å². The number of aryl methyl sites for hydroxylation is 1. The summed E-state index contributed by atoms with van der Waals surface area (Å²) in [6, 6.07) is 9.97. The first-order valence-corrected chi connectivity index (χ1v) is 7.30. The molecule has 1 aromatic carbocycles. The fraction of sp³-hybridized carbons (Fsp3) is 0.308. The zero-order valence-electron chi connectivity index (χ0n) is 9.90. The summed E-state index contributed by atoms with van der Waals surface area (Å²) < 4.78 is 1.13. The Balaban J connectivity index is 0.000000181. The third-order valence-corrected chi connectivity index (χ3v) is 3.34. The predicted octanol–water partition coefficient (Wildman–Crippen LogP) is 4.52. The molecule has 2 aromatic rings. The van der Waals surface area contributed by atoms with E-state index >= 15 is 0 Å². The Labute approximate surface area is 115 Å². The van der Waals surface area contributed by atoms with Gasteiger partial charge in [0.1, 0.15) is 0 Å². The first-order valence-electron chi connectivity index (χ1n) is 5.62. The average Bonchev–Trinajstić information content (AvgIpc) is 2.74. The molecule has 1 aromatic heterocycles. The van der Waals surface area contributed by atoms with Crippen LogP contribution in [0.15, 0.2) is 40.2 Å². The monoisotopic (exact) mass is 312 g/mol. The van der Waals surface area contributed by atoms with Gasteiger partial charge in [-0.2, -0.15) is 0 Å². The quantitative estimate of drug-likeness (QED) is 0.905. The molecule has 0 spiro atoms. The molecular weight excluding hydrogens is 296 g/mol. The van der Waals surface area contributed by atoms with Gasteiger partial charge in [0.05, 0.1) is 5.69 Å². The van der Waals surface area contributed by atoms with Crippen LogP contribution in [0.4, 0.5) is 5.13 Å². The first-order chi connectivity index (χ1) is 8.22. The maximum Gasteiger partial charge on any atom is 0.180 e. The van der Waals surface area contributed by atoms with Crippen molar-refractivity contribution in [2.45, 2.75) is 26.2 Å². The summed E-state index contributed by atoms with van der Waals surface area (Å²) in [4.78, 5) is 4.14. The number of benzene rings is 1. The van der Waals surface area contributed by atoms with E-state index < -0.39 is 0 Å². The molecule has 2 nitrogen and oxygen atoms in total. The Morgan fingerprint density at radius 3 is 2.41 bits per heavy atom. The van der Waals surface area contributed by atoms with Crippen LogP contribution in [-0.4, -0.2) is 4.98 Å². The molecule has 2 N–H and O–H groups in total. The van der Waals surface area contributed by atoms with Crippen LogP contribution in [0.1, 0.15) is 25.5 Å². The molecular formula is C13H17BrN2S. The Hall–Kier alpha value is -0.870. The minimum atomic E-state index is 0.686. The Bertz CT molecular complexity index is 414. The summed E-state index contributed by atoms with van der Waals surface area (Å²) in [6.07, 6.45) is 3.50. The second-order valence-electron chi connectivity index (χ2n) is 3.58. The van der Waals surface area contributed by atoms with Gasteiger partial charge in [0.2, 0.25) is 0 Å². The molecule has 4 heteroatoms. The lowest BCUT2D eigenvalue weighted by Gasteiger charge is -1.90. The Kier molecular flexibility index (Phi) is 6.89. The summed E-state index contributed by atoms with van der Waals surface area (Å²) in [5.41, 5.74) is 6.60. The number of nitrogens with zero attached hydrogens (tertiary/aromatic N) is 1. The number of thiazole rings is 1. The number of nitrogen functional groups attached to an aromatic ring is 1. The Morgan fingerprint density at radius 1 is 1.29 bits per heavy atom. The molecule has 0 saturated carbocycles. The van der Waals surface area contributed by atoms with Gasteiger partial charge in [0.25, 0.3) is 0 Å². The zero-order valence-corrected chi connectivity index (χ0v) is 12.3. The van der Waals surface area contributed by atoms with Crippen molar-refractivity contribution >= 4 is 32.4 Å². The van der Waals surface area contributed by atoms with E-state index in [9.17, 15) is 0 Å². The topological polar surface area (TPSA) is 38.9 Å². The largest absolute Gasteiger partial charge is 0.375 e. The molecule has 92 valence electrons. The number of hydrogen-bond donors (Lipinski definition) is 1. The van der Waals surface area contributed by atoms with E-state index in [1.54, 1.807) is 0 Å². The number of halogens is 1. The third-order valence-electron chi connectivity index (χ3n) is 2.09. The van der Waals surface area contributed by atoms with Crippen molar-refractivity contribution in [3.63, 3.8) is 0 Å². The van der Waals surface area contributed by atoms with Crippen LogP contribution in [-0.2, 0) is 6.42 Å². The molecule has 0 aliphatic carbocycles. The van der Waals surface area contributed by atoms with Gasteiger partial charge in [-0.05, 0) is 25.0 Å². The number of unbranched alkanes of at least 4 members (excludes halogenated alkanes) is 1. The molecule has 0 radical (unpaired) electrons. The molecule has 0 saturated heterocycles. The van der Waals surface area contributed by atoms with Crippen molar-refractivity contribution in [1.29, 1.82) is 0 Å². The zero-order chi connectivity index (χ0) is 12.5. The van der Waals surface area contributed by atoms with Crippen LogP contribution in [0.25, 0.3) is 0 Å². The normalized spacial score (nSPS) is 9.53. The summed E-state index contributed by atoms with van der Waals surface area (Å²) in [5.74, 6) is 0. The van der Waals surface area contributed by atoms with E-state index in [1.807, 2.05) is 35.7 Å². The molecule has 0 fully saturated rings. The van der Waals surface area contributed by atoms with Crippen LogP contribution >= 0.6 is 27.3 Å². The lowest BCUT2D eigenvalue weighted by atomic mass is 10.2. The summed E-state index contributed by atoms with van der Waals surface area (Å²) in [7, 11) is 0. The summed E-state index contributed by atoms with van der Waals surface area (Å²) >= 11 is 4.83. The number of rotatable bonds is 3. The van der Waals surface area contributed by atoms with Crippen molar-refractivity contribution in [1.82, 2.24) is 4.98 Å². The van der Waals surface area contributed by atoms with Crippen molar-refractivity contribution in [3.8, 4) is 0 Å². The van der Waals surface area contributed by atoms with E-state index in [0.29, 0.717) is 5.13 Å². The summed E-state index contributed by atoms with van der Waals surface area (Å²) in [5, 5.41) is 2.72. The van der Waals surface area contributed by atoms with Crippen LogP contribution in [0.5, 0.6) is 0 Å². The highest BCUT2D eigenvalue weighted by atomic mass is 79.9. The maximum atomic E-state index is 5.46. The van der Waals surface area contributed by atoms with Gasteiger partial charge in [-0.25, -0.2) is 4.98 Å². The summed E-state index contributed by atoms with van der Waals surface area (Å²) in [6.45, 7) is 2.18. The standard InChI is InChI=1S/C7H12N2S.C6H5Br/c1-2-3-4-6-5-10-7(8)9-6;7-6-4-2-1-3-5-6/h5H,2-4H2,1H3,(H2,8,9);1-5H. The van der Waals surface area contributed by atoms with Gasteiger partial charge in [-0.15, -0.1) is 11.3 Å². The average molecular weight is 313 g/mol. The van der Waals surface area contributed by atoms with Gasteiger partial charge < -0.3 is 5.73 Å². The molecule has 0 aliphatic rings. The molecule has 2 rings (SSSR count). The lowest BCUT2D eigenvalue weighted by Crippen LogP contribution is -1.86. The first kappa shape index (κ1) is 14.2. The number of hydrogen-bond acceptors (Lipinski definition) is 3. The SMILES string of the molecule is Brc1ccccc1.CCCCc1csc(N)n1. The molecule has 0 atom stereocenters. The minimum Gasteiger partial charge on any atom is -0.375 e. The van der Waals surface area contributed by atoms with Crippen molar-refractivity contribution in [2.75, 3.05) is 5.73 Å². The molecule has 1 heterocycles. The molecule has 0 bridgehead atoms. The number of nitrogens with two attached hydrogens (primary N) is 1. The molecule has 17 heavy (non-hydrogen) atoms. The Morgan fingerprint density at radius 2 is 2.00 bits per heavy atom. The van der Waals surface area contributed by atoms with Crippen molar-refractivity contribution in [2.24, 2.45) is 0 Å². The number of anilines is 1. The van der Waals surface area contributed by atoms with Gasteiger partial charge in [0, 0.05) is 9.85 Å². The highest BCUT2D eigenvalue weighted by Gasteiger charge is 1.95. The second kappa shape index (κ2) is 8.25. The smallest absolute Gasteiger partial charge is 0.180 e.